The number of sulfonamides is 1. The van der Waals surface area contributed by atoms with E-state index in [1.54, 1.807) is 6.92 Å². The van der Waals surface area contributed by atoms with Gasteiger partial charge in [0.1, 0.15) is 5.65 Å². The molecule has 2 aliphatic heterocycles. The molecule has 10 nitrogen and oxygen atoms in total. The van der Waals surface area contributed by atoms with E-state index in [4.69, 9.17) is 4.74 Å². The Labute approximate surface area is 213 Å². The summed E-state index contributed by atoms with van der Waals surface area (Å²) in [5, 5.41) is 15.7. The molecule has 2 atom stereocenters. The number of anilines is 1. The average Bonchev–Trinajstić information content (AvgIpc) is 3.47. The van der Waals surface area contributed by atoms with Crippen molar-refractivity contribution in [2.75, 3.05) is 31.6 Å². The first-order chi connectivity index (χ1) is 17.5. The third-order valence-corrected chi connectivity index (χ3v) is 9.26. The van der Waals surface area contributed by atoms with Crippen LogP contribution >= 0.6 is 0 Å². The molecule has 2 saturated heterocycles. The number of nitrogens with one attached hydrogen (secondary N) is 1. The Hall–Kier alpha value is -2.48. The lowest BCUT2D eigenvalue weighted by Gasteiger charge is -2.31. The number of aromatic nitrogens is 3. The standard InChI is InChI=1S/C24H31F2N5O5S/c1-24(33)7-2-3-19(24)31-21-16(11-18(20(25)26)22(31)32)12-27-23(29-21)28-17-4-8-30(9-5-17)37(34,35)14-15-6-10-36-13-15/h11-12,14,17,19-20,33H,2-10,13H2,1H3,(H,27,28,29)/b15-14+/t19-,24-/m1/s1. The molecule has 0 radical (unpaired) electrons. The second kappa shape index (κ2) is 10.0. The highest BCUT2D eigenvalue weighted by atomic mass is 32.2. The van der Waals surface area contributed by atoms with Gasteiger partial charge in [-0.25, -0.2) is 22.2 Å². The number of nitrogens with zero attached hydrogens (tertiary/aromatic N) is 4. The summed E-state index contributed by atoms with van der Waals surface area (Å²) < 4.78 is 60.6. The second-order valence-electron chi connectivity index (χ2n) is 10.3. The van der Waals surface area contributed by atoms with Gasteiger partial charge in [-0.1, -0.05) is 0 Å². The van der Waals surface area contributed by atoms with Crippen LogP contribution in [0.15, 0.2) is 28.0 Å². The summed E-state index contributed by atoms with van der Waals surface area (Å²) >= 11 is 0. The van der Waals surface area contributed by atoms with Crippen LogP contribution in [0.1, 0.15) is 63.5 Å². The minimum absolute atomic E-state index is 0.110. The summed E-state index contributed by atoms with van der Waals surface area (Å²) in [6, 6.07) is 0.317. The third-order valence-electron chi connectivity index (χ3n) is 7.54. The van der Waals surface area contributed by atoms with Gasteiger partial charge in [0.15, 0.2) is 0 Å². The summed E-state index contributed by atoms with van der Waals surface area (Å²) in [7, 11) is -3.52. The maximum absolute atomic E-state index is 13.6. The van der Waals surface area contributed by atoms with Crippen molar-refractivity contribution in [3.63, 3.8) is 0 Å². The van der Waals surface area contributed by atoms with E-state index in [1.165, 1.54) is 20.5 Å². The number of pyridine rings is 1. The molecule has 5 rings (SSSR count). The zero-order valence-corrected chi connectivity index (χ0v) is 21.4. The van der Waals surface area contributed by atoms with Crippen molar-refractivity contribution < 1.29 is 27.0 Å². The molecule has 13 heteroatoms. The Morgan fingerprint density at radius 2 is 2.05 bits per heavy atom. The van der Waals surface area contributed by atoms with E-state index >= 15 is 0 Å². The van der Waals surface area contributed by atoms with E-state index in [0.717, 1.165) is 11.6 Å². The molecule has 3 fully saturated rings. The molecule has 2 aromatic heterocycles. The highest BCUT2D eigenvalue weighted by Gasteiger charge is 2.40. The van der Waals surface area contributed by atoms with Crippen LogP contribution in [0.4, 0.5) is 14.7 Å². The van der Waals surface area contributed by atoms with E-state index in [9.17, 15) is 27.1 Å². The van der Waals surface area contributed by atoms with Crippen molar-refractivity contribution in [2.45, 2.75) is 69.6 Å². The zero-order valence-electron chi connectivity index (χ0n) is 20.6. The van der Waals surface area contributed by atoms with E-state index in [-0.39, 0.29) is 23.0 Å². The molecule has 2 aromatic rings. The number of ether oxygens (including phenoxy) is 1. The molecule has 0 spiro atoms. The molecule has 3 aliphatic rings. The molecule has 1 saturated carbocycles. The van der Waals surface area contributed by atoms with Crippen LogP contribution in [0.5, 0.6) is 0 Å². The van der Waals surface area contributed by atoms with Crippen molar-refractivity contribution in [3.05, 3.63) is 39.2 Å². The smallest absolute Gasteiger partial charge is 0.269 e. The van der Waals surface area contributed by atoms with Crippen LogP contribution in [0, 0.1) is 0 Å². The average molecular weight is 540 g/mol. The fraction of sp³-hybridized carbons (Fsp3) is 0.625. The van der Waals surface area contributed by atoms with Crippen LogP contribution in [0.25, 0.3) is 11.0 Å². The van der Waals surface area contributed by atoms with E-state index in [2.05, 4.69) is 15.3 Å². The lowest BCUT2D eigenvalue weighted by molar-refractivity contribution is 0.0261. The fourth-order valence-corrected chi connectivity index (χ4v) is 6.96. The van der Waals surface area contributed by atoms with E-state index < -0.39 is 39.2 Å². The molecular formula is C24H31F2N5O5S. The monoisotopic (exact) mass is 539 g/mol. The minimum Gasteiger partial charge on any atom is -0.388 e. The van der Waals surface area contributed by atoms with Gasteiger partial charge >= 0.3 is 0 Å². The van der Waals surface area contributed by atoms with Crippen LogP contribution < -0.4 is 10.9 Å². The summed E-state index contributed by atoms with van der Waals surface area (Å²) in [5.41, 5.74) is -1.78. The maximum atomic E-state index is 13.6. The van der Waals surface area contributed by atoms with Crippen LogP contribution in [0.2, 0.25) is 0 Å². The number of aliphatic hydroxyl groups is 1. The van der Waals surface area contributed by atoms with Gasteiger partial charge in [-0.3, -0.25) is 9.36 Å². The molecule has 0 bridgehead atoms. The lowest BCUT2D eigenvalue weighted by atomic mass is 9.99. The van der Waals surface area contributed by atoms with E-state index in [1.807, 2.05) is 0 Å². The first-order valence-electron chi connectivity index (χ1n) is 12.5. The summed E-state index contributed by atoms with van der Waals surface area (Å²) in [5.74, 6) is 0.217. The maximum Gasteiger partial charge on any atom is 0.269 e. The molecule has 2 N–H and O–H groups in total. The topological polar surface area (TPSA) is 127 Å². The number of hydrogen-bond donors (Lipinski definition) is 2. The minimum atomic E-state index is -3.52. The zero-order chi connectivity index (χ0) is 26.4. The number of fused-ring (bicyclic) bond motifs is 1. The van der Waals surface area contributed by atoms with Crippen molar-refractivity contribution in [3.8, 4) is 0 Å². The van der Waals surface area contributed by atoms with Crippen LogP contribution in [0.3, 0.4) is 0 Å². The third kappa shape index (κ3) is 5.27. The molecule has 1 aliphatic carbocycles. The Bertz CT molecular complexity index is 1360. The van der Waals surface area contributed by atoms with Gasteiger partial charge < -0.3 is 15.2 Å². The van der Waals surface area contributed by atoms with Gasteiger partial charge in [-0.2, -0.15) is 9.29 Å². The largest absolute Gasteiger partial charge is 0.388 e. The van der Waals surface area contributed by atoms with Crippen molar-refractivity contribution >= 4 is 27.0 Å². The predicted octanol–water partition coefficient (Wildman–Crippen LogP) is 2.72. The molecule has 202 valence electrons. The van der Waals surface area contributed by atoms with Gasteiger partial charge in [-0.05, 0) is 57.1 Å². The summed E-state index contributed by atoms with van der Waals surface area (Å²) in [6.45, 7) is 3.14. The second-order valence-corrected chi connectivity index (χ2v) is 12.0. The Kier molecular flexibility index (Phi) is 7.07. The fourth-order valence-electron chi connectivity index (χ4n) is 5.49. The molecule has 0 aromatic carbocycles. The van der Waals surface area contributed by atoms with Crippen molar-refractivity contribution in [1.29, 1.82) is 0 Å². The highest BCUT2D eigenvalue weighted by Crippen LogP contribution is 2.40. The highest BCUT2D eigenvalue weighted by molar-refractivity contribution is 7.92. The number of piperidine rings is 1. The van der Waals surface area contributed by atoms with Crippen LogP contribution in [-0.4, -0.2) is 70.3 Å². The van der Waals surface area contributed by atoms with Gasteiger partial charge in [0.25, 0.3) is 12.0 Å². The first kappa shape index (κ1) is 26.1. The van der Waals surface area contributed by atoms with Gasteiger partial charge in [0, 0.05) is 36.1 Å². The normalized spacial score (nSPS) is 27.1. The Morgan fingerprint density at radius 3 is 2.68 bits per heavy atom. The number of hydrogen-bond acceptors (Lipinski definition) is 8. The van der Waals surface area contributed by atoms with Gasteiger partial charge in [-0.15, -0.1) is 0 Å². The van der Waals surface area contributed by atoms with E-state index in [0.29, 0.717) is 64.8 Å². The molecule has 0 amide bonds. The number of alkyl halides is 2. The number of rotatable bonds is 6. The molecule has 37 heavy (non-hydrogen) atoms. The molecular weight excluding hydrogens is 508 g/mol. The van der Waals surface area contributed by atoms with Crippen LogP contribution in [-0.2, 0) is 14.8 Å². The SMILES string of the molecule is C[C@@]1(O)CCC[C@H]1n1c(=O)c(C(F)F)cc2cnc(NC3CCN(S(=O)(=O)/C=C4\CCOC4)CC3)nc21. The summed E-state index contributed by atoms with van der Waals surface area (Å²) in [4.78, 5) is 21.8. The van der Waals surface area contributed by atoms with Gasteiger partial charge in [0.05, 0.1) is 30.4 Å². The number of halogens is 2. The van der Waals surface area contributed by atoms with Crippen molar-refractivity contribution in [1.82, 2.24) is 18.8 Å². The Balaban J connectivity index is 1.38. The first-order valence-corrected chi connectivity index (χ1v) is 14.0. The quantitative estimate of drug-likeness (QED) is 0.574. The molecule has 0 unspecified atom stereocenters. The summed E-state index contributed by atoms with van der Waals surface area (Å²) in [6.07, 6.45) is 1.67. The molecule has 4 heterocycles. The van der Waals surface area contributed by atoms with Crippen molar-refractivity contribution in [2.24, 2.45) is 0 Å². The lowest BCUT2D eigenvalue weighted by Crippen LogP contribution is -2.42. The van der Waals surface area contributed by atoms with Gasteiger partial charge in [0.2, 0.25) is 16.0 Å². The Morgan fingerprint density at radius 1 is 1.30 bits per heavy atom. The predicted molar refractivity (Wildman–Crippen MR) is 133 cm³/mol.